The molecule has 1 aromatic heterocycles. The number of rotatable bonds is 4. The normalized spacial score (nSPS) is 20.0. The van der Waals surface area contributed by atoms with Gasteiger partial charge in [0, 0.05) is 13.6 Å². The fourth-order valence-corrected chi connectivity index (χ4v) is 2.05. The van der Waals surface area contributed by atoms with E-state index in [1.165, 1.54) is 25.9 Å². The van der Waals surface area contributed by atoms with Crippen LogP contribution in [0.25, 0.3) is 0 Å². The van der Waals surface area contributed by atoms with E-state index in [1.54, 1.807) is 0 Å². The third-order valence-electron chi connectivity index (χ3n) is 3.21. The first kappa shape index (κ1) is 11.3. The summed E-state index contributed by atoms with van der Waals surface area (Å²) in [7, 11) is 2.09. The maximum atomic E-state index is 4.18. The molecular formula is C12H20N4. The molecule has 2 heterocycles. The molecule has 1 saturated heterocycles. The highest BCUT2D eigenvalue weighted by atomic mass is 15.2. The first-order chi connectivity index (χ1) is 7.75. The zero-order chi connectivity index (χ0) is 11.4. The Kier molecular flexibility index (Phi) is 3.72. The van der Waals surface area contributed by atoms with Crippen molar-refractivity contribution >= 4 is 5.82 Å². The number of anilines is 1. The summed E-state index contributed by atoms with van der Waals surface area (Å²) >= 11 is 0. The molecule has 0 saturated carbocycles. The van der Waals surface area contributed by atoms with Crippen molar-refractivity contribution in [2.75, 3.05) is 31.6 Å². The Labute approximate surface area is 97.1 Å². The summed E-state index contributed by atoms with van der Waals surface area (Å²) in [6, 6.07) is 4.05. The Morgan fingerprint density at radius 1 is 1.44 bits per heavy atom. The first-order valence-electron chi connectivity index (χ1n) is 5.98. The molecule has 1 fully saturated rings. The van der Waals surface area contributed by atoms with Crippen LogP contribution in [0.4, 0.5) is 5.82 Å². The minimum atomic E-state index is 0.834. The van der Waals surface area contributed by atoms with Gasteiger partial charge < -0.3 is 10.2 Å². The van der Waals surface area contributed by atoms with Crippen molar-refractivity contribution in [3.8, 4) is 0 Å². The van der Waals surface area contributed by atoms with Crippen molar-refractivity contribution in [3.63, 3.8) is 0 Å². The average molecular weight is 220 g/mol. The van der Waals surface area contributed by atoms with Gasteiger partial charge in [-0.3, -0.25) is 0 Å². The topological polar surface area (TPSA) is 41.0 Å². The maximum Gasteiger partial charge on any atom is 0.150 e. The molecule has 1 aromatic rings. The number of hydrogen-bond donors (Lipinski definition) is 1. The van der Waals surface area contributed by atoms with E-state index in [-0.39, 0.29) is 0 Å². The van der Waals surface area contributed by atoms with Gasteiger partial charge in [-0.25, -0.2) is 0 Å². The van der Waals surface area contributed by atoms with Crippen LogP contribution >= 0.6 is 0 Å². The van der Waals surface area contributed by atoms with E-state index in [2.05, 4.69) is 27.5 Å². The lowest BCUT2D eigenvalue weighted by molar-refractivity contribution is 0.532. The highest BCUT2D eigenvalue weighted by Gasteiger charge is 2.15. The van der Waals surface area contributed by atoms with E-state index in [0.717, 1.165) is 24.0 Å². The van der Waals surface area contributed by atoms with E-state index >= 15 is 0 Å². The molecule has 0 bridgehead atoms. The van der Waals surface area contributed by atoms with Gasteiger partial charge in [0.2, 0.25) is 0 Å². The quantitative estimate of drug-likeness (QED) is 0.828. The molecule has 2 rings (SSSR count). The Bertz CT molecular complexity index is 316. The molecule has 1 aliphatic heterocycles. The van der Waals surface area contributed by atoms with Crippen molar-refractivity contribution < 1.29 is 0 Å². The molecule has 1 N–H and O–H groups in total. The zero-order valence-corrected chi connectivity index (χ0v) is 10.1. The Morgan fingerprint density at radius 3 is 2.94 bits per heavy atom. The van der Waals surface area contributed by atoms with Crippen molar-refractivity contribution in [1.82, 2.24) is 15.5 Å². The Hall–Kier alpha value is -1.16. The molecule has 4 heteroatoms. The standard InChI is InChI=1S/C12H20N4/c1-10-3-4-12(15-14-10)16(2)8-6-11-5-7-13-9-11/h3-4,11,13H,5-9H2,1-2H3. The summed E-state index contributed by atoms with van der Waals surface area (Å²) in [6.07, 6.45) is 2.55. The summed E-state index contributed by atoms with van der Waals surface area (Å²) in [5, 5.41) is 11.7. The molecule has 1 aliphatic rings. The molecule has 4 nitrogen and oxygen atoms in total. The van der Waals surface area contributed by atoms with Crippen LogP contribution in [0.3, 0.4) is 0 Å². The van der Waals surface area contributed by atoms with E-state index in [9.17, 15) is 0 Å². The number of nitrogens with one attached hydrogen (secondary N) is 1. The van der Waals surface area contributed by atoms with Gasteiger partial charge in [0.05, 0.1) is 5.69 Å². The van der Waals surface area contributed by atoms with Crippen molar-refractivity contribution in [1.29, 1.82) is 0 Å². The molecule has 0 radical (unpaired) electrons. The van der Waals surface area contributed by atoms with Crippen LogP contribution in [-0.2, 0) is 0 Å². The van der Waals surface area contributed by atoms with Crippen LogP contribution in [0.1, 0.15) is 18.5 Å². The minimum Gasteiger partial charge on any atom is -0.358 e. The second kappa shape index (κ2) is 5.25. The fraction of sp³-hybridized carbons (Fsp3) is 0.667. The third kappa shape index (κ3) is 2.92. The molecule has 1 unspecified atom stereocenters. The monoisotopic (exact) mass is 220 g/mol. The summed E-state index contributed by atoms with van der Waals surface area (Å²) in [5.41, 5.74) is 0.970. The van der Waals surface area contributed by atoms with Gasteiger partial charge in [0.15, 0.2) is 5.82 Å². The molecule has 0 spiro atoms. The zero-order valence-electron chi connectivity index (χ0n) is 10.1. The lowest BCUT2D eigenvalue weighted by Gasteiger charge is -2.19. The van der Waals surface area contributed by atoms with Crippen molar-refractivity contribution in [2.45, 2.75) is 19.8 Å². The summed E-state index contributed by atoms with van der Waals surface area (Å²) in [4.78, 5) is 2.19. The highest BCUT2D eigenvalue weighted by molar-refractivity contribution is 5.35. The van der Waals surface area contributed by atoms with E-state index in [1.807, 2.05) is 19.1 Å². The smallest absolute Gasteiger partial charge is 0.150 e. The minimum absolute atomic E-state index is 0.834. The van der Waals surface area contributed by atoms with Crippen LogP contribution in [-0.4, -0.2) is 36.9 Å². The van der Waals surface area contributed by atoms with Gasteiger partial charge >= 0.3 is 0 Å². The van der Waals surface area contributed by atoms with E-state index < -0.39 is 0 Å². The number of aromatic nitrogens is 2. The lowest BCUT2D eigenvalue weighted by atomic mass is 10.1. The Balaban J connectivity index is 1.82. The van der Waals surface area contributed by atoms with Crippen LogP contribution in [0, 0.1) is 12.8 Å². The molecular weight excluding hydrogens is 200 g/mol. The predicted octanol–water partition coefficient (Wildman–Crippen LogP) is 1.22. The Morgan fingerprint density at radius 2 is 2.31 bits per heavy atom. The van der Waals surface area contributed by atoms with Crippen molar-refractivity contribution in [2.24, 2.45) is 5.92 Å². The second-order valence-corrected chi connectivity index (χ2v) is 4.60. The van der Waals surface area contributed by atoms with Gasteiger partial charge in [-0.15, -0.1) is 5.10 Å². The SMILES string of the molecule is Cc1ccc(N(C)CCC2CCNC2)nn1. The second-order valence-electron chi connectivity index (χ2n) is 4.60. The average Bonchev–Trinajstić information content (AvgIpc) is 2.80. The van der Waals surface area contributed by atoms with Gasteiger partial charge in [-0.05, 0) is 50.9 Å². The summed E-state index contributed by atoms with van der Waals surface area (Å²) < 4.78 is 0. The summed E-state index contributed by atoms with van der Waals surface area (Å²) in [6.45, 7) is 5.37. The first-order valence-corrected chi connectivity index (χ1v) is 5.98. The number of nitrogens with zero attached hydrogens (tertiary/aromatic N) is 3. The van der Waals surface area contributed by atoms with Gasteiger partial charge in [-0.2, -0.15) is 5.10 Å². The molecule has 0 aliphatic carbocycles. The van der Waals surface area contributed by atoms with Crippen LogP contribution in [0.5, 0.6) is 0 Å². The highest BCUT2D eigenvalue weighted by Crippen LogP contribution is 2.14. The third-order valence-corrected chi connectivity index (χ3v) is 3.21. The molecule has 0 amide bonds. The molecule has 88 valence electrons. The van der Waals surface area contributed by atoms with Gasteiger partial charge in [0.25, 0.3) is 0 Å². The van der Waals surface area contributed by atoms with Gasteiger partial charge in [-0.1, -0.05) is 0 Å². The largest absolute Gasteiger partial charge is 0.358 e. The molecule has 16 heavy (non-hydrogen) atoms. The maximum absolute atomic E-state index is 4.18. The van der Waals surface area contributed by atoms with Crippen LogP contribution < -0.4 is 10.2 Å². The van der Waals surface area contributed by atoms with E-state index in [4.69, 9.17) is 0 Å². The predicted molar refractivity (Wildman–Crippen MR) is 65.6 cm³/mol. The fourth-order valence-electron chi connectivity index (χ4n) is 2.05. The van der Waals surface area contributed by atoms with Gasteiger partial charge in [0.1, 0.15) is 0 Å². The number of aryl methyl sites for hydroxylation is 1. The molecule has 0 aromatic carbocycles. The van der Waals surface area contributed by atoms with Crippen molar-refractivity contribution in [3.05, 3.63) is 17.8 Å². The van der Waals surface area contributed by atoms with E-state index in [0.29, 0.717) is 0 Å². The van der Waals surface area contributed by atoms with Crippen LogP contribution in [0.2, 0.25) is 0 Å². The number of hydrogen-bond acceptors (Lipinski definition) is 4. The lowest BCUT2D eigenvalue weighted by Crippen LogP contribution is -2.23. The molecule has 1 atom stereocenters. The van der Waals surface area contributed by atoms with Crippen LogP contribution in [0.15, 0.2) is 12.1 Å². The summed E-state index contributed by atoms with van der Waals surface area (Å²) in [5.74, 6) is 1.80.